The Morgan fingerprint density at radius 3 is 3.12 bits per heavy atom. The third-order valence-electron chi connectivity index (χ3n) is 0.669. The monoisotopic (exact) mass is 107 g/mol. The summed E-state index contributed by atoms with van der Waals surface area (Å²) in [7, 11) is 0. The van der Waals surface area contributed by atoms with E-state index in [9.17, 15) is 0 Å². The molecule has 4 nitrogen and oxygen atoms in total. The highest BCUT2D eigenvalue weighted by molar-refractivity contribution is 5.93. The van der Waals surface area contributed by atoms with Crippen LogP contribution in [-0.4, -0.2) is 12.2 Å². The maximum absolute atomic E-state index is 8.08. The first-order valence-electron chi connectivity index (χ1n) is 2.09. The van der Waals surface area contributed by atoms with Gasteiger partial charge in [-0.3, -0.25) is 0 Å². The van der Waals surface area contributed by atoms with Crippen LogP contribution >= 0.6 is 0 Å². The van der Waals surface area contributed by atoms with Gasteiger partial charge in [0.15, 0.2) is 5.84 Å². The molecule has 0 bridgehead atoms. The Kier molecular flexibility index (Phi) is 1.24. The molecule has 1 aliphatic rings. The van der Waals surface area contributed by atoms with Gasteiger partial charge in [0.25, 0.3) is 0 Å². The largest absolute Gasteiger partial charge is 0.217 e. The summed E-state index contributed by atoms with van der Waals surface area (Å²) >= 11 is 0. The predicted octanol–water partition coefficient (Wildman–Crippen LogP) is -0.140. The van der Waals surface area contributed by atoms with Gasteiger partial charge in [0.1, 0.15) is 6.34 Å². The van der Waals surface area contributed by atoms with Gasteiger partial charge in [-0.2, -0.15) is 5.26 Å². The third-order valence-corrected chi connectivity index (χ3v) is 0.669. The van der Waals surface area contributed by atoms with Gasteiger partial charge in [0.2, 0.25) is 0 Å². The molecule has 0 saturated carbocycles. The lowest BCUT2D eigenvalue weighted by atomic mass is 10.4. The fourth-order valence-corrected chi connectivity index (χ4v) is 0.362. The minimum Gasteiger partial charge on any atom is -0.217 e. The minimum atomic E-state index is 0.250. The lowest BCUT2D eigenvalue weighted by Gasteiger charge is -1.77. The number of hydrogen-bond donors (Lipinski definition) is 0. The van der Waals surface area contributed by atoms with E-state index in [1.54, 1.807) is 0 Å². The summed E-state index contributed by atoms with van der Waals surface area (Å²) in [6.07, 6.45) is 1.58. The molecule has 1 rings (SSSR count). The van der Waals surface area contributed by atoms with Crippen LogP contribution in [0.25, 0.3) is 0 Å². The normalized spacial score (nSPS) is 14.6. The van der Waals surface area contributed by atoms with Crippen molar-refractivity contribution in [3.8, 4) is 6.07 Å². The molecule has 0 N–H and O–H groups in total. The van der Waals surface area contributed by atoms with Crippen LogP contribution < -0.4 is 5.43 Å². The Morgan fingerprint density at radius 2 is 2.62 bits per heavy atom. The molecule has 1 heterocycles. The van der Waals surface area contributed by atoms with Gasteiger partial charge in [-0.05, 0) is 0 Å². The van der Waals surface area contributed by atoms with E-state index in [0.29, 0.717) is 5.84 Å². The summed E-state index contributed by atoms with van der Waals surface area (Å²) in [5.74, 6) is 0.493. The molecular formula is C4H3N4. The lowest BCUT2D eigenvalue weighted by Crippen LogP contribution is -1.86. The van der Waals surface area contributed by atoms with Gasteiger partial charge in [-0.25, -0.2) is 4.99 Å². The molecule has 4 heteroatoms. The fourth-order valence-electron chi connectivity index (χ4n) is 0.362. The molecule has 1 aliphatic heterocycles. The number of nitrogens with zero attached hydrogens (tertiary/aromatic N) is 4. The van der Waals surface area contributed by atoms with Crippen LogP contribution in [0.5, 0.6) is 0 Å². The summed E-state index contributed by atoms with van der Waals surface area (Å²) in [5.41, 5.74) is 3.43. The average Bonchev–Trinajstić information content (AvgIpc) is 2.19. The molecule has 0 saturated heterocycles. The molecular weight excluding hydrogens is 104 g/mol. The zero-order chi connectivity index (χ0) is 5.82. The van der Waals surface area contributed by atoms with E-state index in [4.69, 9.17) is 5.26 Å². The highest BCUT2D eigenvalue weighted by Crippen LogP contribution is 1.89. The van der Waals surface area contributed by atoms with Crippen molar-refractivity contribution in [2.45, 2.75) is 6.42 Å². The summed E-state index contributed by atoms with van der Waals surface area (Å²) < 4.78 is 0. The van der Waals surface area contributed by atoms with Gasteiger partial charge >= 0.3 is 0 Å². The van der Waals surface area contributed by atoms with E-state index >= 15 is 0 Å². The van der Waals surface area contributed by atoms with Crippen molar-refractivity contribution in [3.05, 3.63) is 0 Å². The molecule has 0 amide bonds. The van der Waals surface area contributed by atoms with Crippen LogP contribution in [0.1, 0.15) is 6.42 Å². The maximum Gasteiger partial charge on any atom is 0.166 e. The molecule has 0 atom stereocenters. The Balaban J connectivity index is 2.49. The smallest absolute Gasteiger partial charge is 0.166 e. The van der Waals surface area contributed by atoms with Gasteiger partial charge in [0.05, 0.1) is 12.5 Å². The van der Waals surface area contributed by atoms with E-state index in [1.165, 1.54) is 6.34 Å². The Morgan fingerprint density at radius 1 is 1.75 bits per heavy atom. The fraction of sp³-hybridized carbons (Fsp3) is 0.250. The van der Waals surface area contributed by atoms with Crippen LogP contribution in [0, 0.1) is 11.3 Å². The van der Waals surface area contributed by atoms with Crippen molar-refractivity contribution in [3.63, 3.8) is 0 Å². The second-order valence-corrected chi connectivity index (χ2v) is 1.21. The van der Waals surface area contributed by atoms with E-state index in [2.05, 4.69) is 15.5 Å². The predicted molar refractivity (Wildman–Crippen MR) is 28.3 cm³/mol. The quantitative estimate of drug-likeness (QED) is 0.460. The van der Waals surface area contributed by atoms with E-state index in [0.717, 1.165) is 0 Å². The summed E-state index contributed by atoms with van der Waals surface area (Å²) in [6, 6.07) is 1.91. The van der Waals surface area contributed by atoms with Crippen LogP contribution in [0.3, 0.4) is 0 Å². The van der Waals surface area contributed by atoms with Crippen LogP contribution in [-0.2, 0) is 0 Å². The maximum atomic E-state index is 8.08. The van der Waals surface area contributed by atoms with E-state index < -0.39 is 0 Å². The van der Waals surface area contributed by atoms with E-state index in [-0.39, 0.29) is 6.42 Å². The molecule has 8 heavy (non-hydrogen) atoms. The van der Waals surface area contributed by atoms with Crippen molar-refractivity contribution in [2.24, 2.45) is 10.1 Å². The van der Waals surface area contributed by atoms with Crippen molar-refractivity contribution >= 4 is 12.2 Å². The van der Waals surface area contributed by atoms with Crippen molar-refractivity contribution in [1.29, 1.82) is 5.26 Å². The molecule has 1 radical (unpaired) electrons. The standard InChI is InChI=1S/C4H3N4/c5-2-1-4-6-3-7-8-4/h3H,1H2. The average molecular weight is 107 g/mol. The molecule has 39 valence electrons. The molecule has 0 aromatic heterocycles. The third kappa shape index (κ3) is 0.819. The molecule has 0 aromatic carbocycles. The van der Waals surface area contributed by atoms with Crippen LogP contribution in [0.4, 0.5) is 0 Å². The van der Waals surface area contributed by atoms with Crippen LogP contribution in [0.2, 0.25) is 0 Å². The van der Waals surface area contributed by atoms with Crippen LogP contribution in [0.15, 0.2) is 10.1 Å². The number of rotatable bonds is 1. The topological polar surface area (TPSA) is 62.6 Å². The first-order chi connectivity index (χ1) is 3.93. The number of aliphatic imine (C=N–C) groups is 1. The minimum absolute atomic E-state index is 0.250. The number of hydrogen-bond acceptors (Lipinski definition) is 3. The molecule has 0 aliphatic carbocycles. The Hall–Kier alpha value is -1.37. The zero-order valence-electron chi connectivity index (χ0n) is 4.07. The van der Waals surface area contributed by atoms with Crippen molar-refractivity contribution < 1.29 is 0 Å². The van der Waals surface area contributed by atoms with Gasteiger partial charge in [0, 0.05) is 0 Å². The summed E-state index contributed by atoms with van der Waals surface area (Å²) in [4.78, 5) is 3.66. The second kappa shape index (κ2) is 2.07. The van der Waals surface area contributed by atoms with Crippen molar-refractivity contribution in [1.82, 2.24) is 5.43 Å². The number of nitriles is 1. The first-order valence-corrected chi connectivity index (χ1v) is 2.09. The Labute approximate surface area is 46.5 Å². The van der Waals surface area contributed by atoms with Gasteiger partial charge in [-0.15, -0.1) is 10.5 Å². The molecule has 0 fully saturated rings. The SMILES string of the molecule is N#CCC1=N[N]C=N1. The highest BCUT2D eigenvalue weighted by atomic mass is 15.4. The molecule has 0 spiro atoms. The first kappa shape index (κ1) is 4.78. The molecule has 0 aromatic rings. The summed E-state index contributed by atoms with van der Waals surface area (Å²) in [6.45, 7) is 0. The van der Waals surface area contributed by atoms with Gasteiger partial charge < -0.3 is 0 Å². The lowest BCUT2D eigenvalue weighted by molar-refractivity contribution is 1.05. The second-order valence-electron chi connectivity index (χ2n) is 1.21. The zero-order valence-corrected chi connectivity index (χ0v) is 4.07. The summed E-state index contributed by atoms with van der Waals surface area (Å²) in [5, 5.41) is 11.6. The van der Waals surface area contributed by atoms with Crippen molar-refractivity contribution in [2.75, 3.05) is 0 Å². The Bertz CT molecular complexity index is 173. The van der Waals surface area contributed by atoms with Gasteiger partial charge in [-0.1, -0.05) is 0 Å². The van der Waals surface area contributed by atoms with E-state index in [1.807, 2.05) is 6.07 Å². The molecule has 0 unspecified atom stereocenters. The number of amidine groups is 1. The highest BCUT2D eigenvalue weighted by Gasteiger charge is 1.98.